The van der Waals surface area contributed by atoms with E-state index in [1.807, 2.05) is 29.2 Å². The third-order valence-corrected chi connectivity index (χ3v) is 3.98. The highest BCUT2D eigenvalue weighted by molar-refractivity contribution is 6.15. The molecular weight excluding hydrogens is 263 g/mol. The van der Waals surface area contributed by atoms with Crippen molar-refractivity contribution in [2.24, 2.45) is 0 Å². The van der Waals surface area contributed by atoms with Crippen molar-refractivity contribution in [1.82, 2.24) is 0 Å². The van der Waals surface area contributed by atoms with Gasteiger partial charge in [-0.1, -0.05) is 42.5 Å². The number of fused-ring (bicyclic) bond motifs is 2. The molecule has 3 aromatic rings. The van der Waals surface area contributed by atoms with Crippen LogP contribution in [0.2, 0.25) is 0 Å². The van der Waals surface area contributed by atoms with E-state index in [9.17, 15) is 4.39 Å². The zero-order valence-electron chi connectivity index (χ0n) is 11.3. The molecular formula is C18H13FN2. The van der Waals surface area contributed by atoms with E-state index in [0.717, 1.165) is 22.0 Å². The summed E-state index contributed by atoms with van der Waals surface area (Å²) in [5, 5.41) is 10.6. The maximum Gasteiger partial charge on any atom is 0.133 e. The van der Waals surface area contributed by atoms with Gasteiger partial charge in [0.1, 0.15) is 11.7 Å². The number of rotatable bonds is 1. The number of anilines is 1. The first-order valence-electron chi connectivity index (χ1n) is 6.87. The first-order chi connectivity index (χ1) is 10.2. The molecule has 4 rings (SSSR count). The minimum atomic E-state index is -0.293. The van der Waals surface area contributed by atoms with Crippen LogP contribution in [0, 0.1) is 11.2 Å². The normalized spacial score (nSPS) is 13.8. The van der Waals surface area contributed by atoms with Gasteiger partial charge in [0.2, 0.25) is 0 Å². The average molecular weight is 276 g/mol. The Labute approximate surface area is 122 Å². The second-order valence-electron chi connectivity index (χ2n) is 5.23. The van der Waals surface area contributed by atoms with Gasteiger partial charge in [-0.05, 0) is 29.1 Å². The largest absolute Gasteiger partial charge is 0.321 e. The molecule has 0 unspecified atom stereocenters. The van der Waals surface area contributed by atoms with Crippen molar-refractivity contribution in [2.45, 2.75) is 6.54 Å². The monoisotopic (exact) mass is 276 g/mol. The summed E-state index contributed by atoms with van der Waals surface area (Å²) in [6.07, 6.45) is 0. The van der Waals surface area contributed by atoms with Crippen LogP contribution in [-0.2, 0) is 6.54 Å². The molecule has 0 saturated heterocycles. The van der Waals surface area contributed by atoms with Gasteiger partial charge in [0.15, 0.2) is 0 Å². The maximum atomic E-state index is 13.4. The minimum absolute atomic E-state index is 0.293. The number of hydrogen-bond donors (Lipinski definition) is 1. The molecule has 0 saturated carbocycles. The average Bonchev–Trinajstić information content (AvgIpc) is 2.83. The van der Waals surface area contributed by atoms with Crippen LogP contribution >= 0.6 is 0 Å². The molecule has 0 bridgehead atoms. The molecule has 0 atom stereocenters. The van der Waals surface area contributed by atoms with Gasteiger partial charge in [-0.3, -0.25) is 5.41 Å². The topological polar surface area (TPSA) is 27.1 Å². The molecule has 0 spiro atoms. The van der Waals surface area contributed by atoms with Crippen molar-refractivity contribution in [1.29, 1.82) is 5.41 Å². The van der Waals surface area contributed by atoms with Crippen LogP contribution in [0.25, 0.3) is 10.8 Å². The fraction of sp³-hybridized carbons (Fsp3) is 0.0556. The number of nitrogens with zero attached hydrogens (tertiary/aromatic N) is 1. The highest BCUT2D eigenvalue weighted by atomic mass is 19.1. The first-order valence-corrected chi connectivity index (χ1v) is 6.87. The Balaban J connectivity index is 1.87. The van der Waals surface area contributed by atoms with Crippen LogP contribution in [0.4, 0.5) is 10.1 Å². The summed E-state index contributed by atoms with van der Waals surface area (Å²) in [5.41, 5.74) is 2.67. The van der Waals surface area contributed by atoms with Gasteiger partial charge in [0.25, 0.3) is 0 Å². The molecule has 0 aliphatic carbocycles. The van der Waals surface area contributed by atoms with Gasteiger partial charge >= 0.3 is 0 Å². The molecule has 1 aliphatic heterocycles. The van der Waals surface area contributed by atoms with Crippen LogP contribution in [0.1, 0.15) is 11.1 Å². The van der Waals surface area contributed by atoms with Crippen LogP contribution < -0.4 is 4.90 Å². The summed E-state index contributed by atoms with van der Waals surface area (Å²) in [6.45, 7) is 0.614. The number of benzene rings is 3. The van der Waals surface area contributed by atoms with Crippen molar-refractivity contribution >= 4 is 22.3 Å². The lowest BCUT2D eigenvalue weighted by atomic mass is 10.1. The lowest BCUT2D eigenvalue weighted by molar-refractivity contribution is 0.627. The predicted molar refractivity (Wildman–Crippen MR) is 83.4 cm³/mol. The molecule has 0 radical (unpaired) electrons. The quantitative estimate of drug-likeness (QED) is 0.704. The van der Waals surface area contributed by atoms with E-state index < -0.39 is 0 Å². The molecule has 0 amide bonds. The number of amidine groups is 1. The van der Waals surface area contributed by atoms with Crippen LogP contribution in [0.5, 0.6) is 0 Å². The van der Waals surface area contributed by atoms with E-state index in [0.29, 0.717) is 17.9 Å². The summed E-state index contributed by atoms with van der Waals surface area (Å²) in [4.78, 5) is 1.94. The van der Waals surface area contributed by atoms with E-state index in [-0.39, 0.29) is 5.82 Å². The Morgan fingerprint density at radius 3 is 2.67 bits per heavy atom. The molecule has 0 aromatic heterocycles. The zero-order valence-corrected chi connectivity index (χ0v) is 11.3. The van der Waals surface area contributed by atoms with E-state index >= 15 is 0 Å². The van der Waals surface area contributed by atoms with Gasteiger partial charge < -0.3 is 4.90 Å². The molecule has 102 valence electrons. The van der Waals surface area contributed by atoms with Crippen molar-refractivity contribution < 1.29 is 4.39 Å². The third kappa shape index (κ3) is 1.82. The molecule has 2 nitrogen and oxygen atoms in total. The van der Waals surface area contributed by atoms with Gasteiger partial charge in [0, 0.05) is 10.9 Å². The van der Waals surface area contributed by atoms with Crippen LogP contribution in [0.3, 0.4) is 0 Å². The fourth-order valence-corrected chi connectivity index (χ4v) is 2.95. The van der Waals surface area contributed by atoms with Crippen molar-refractivity contribution in [2.75, 3.05) is 4.90 Å². The van der Waals surface area contributed by atoms with Crippen molar-refractivity contribution in [3.63, 3.8) is 0 Å². The molecule has 1 heterocycles. The first kappa shape index (κ1) is 12.1. The Kier molecular flexibility index (Phi) is 2.54. The van der Waals surface area contributed by atoms with Crippen molar-refractivity contribution in [3.8, 4) is 0 Å². The third-order valence-electron chi connectivity index (χ3n) is 3.98. The number of halogens is 1. The zero-order chi connectivity index (χ0) is 14.4. The molecule has 0 fully saturated rings. The Bertz CT molecular complexity index is 865. The van der Waals surface area contributed by atoms with E-state index in [1.165, 1.54) is 12.1 Å². The fourth-order valence-electron chi connectivity index (χ4n) is 2.95. The Morgan fingerprint density at radius 1 is 0.952 bits per heavy atom. The van der Waals surface area contributed by atoms with Gasteiger partial charge in [-0.15, -0.1) is 0 Å². The minimum Gasteiger partial charge on any atom is -0.321 e. The standard InChI is InChI=1S/C18H13FN2/c19-14-9-8-13-11-21(18(20)16(13)10-14)17-7-3-5-12-4-1-2-6-15(12)17/h1-10,20H,11H2. The van der Waals surface area contributed by atoms with E-state index in [2.05, 4.69) is 18.2 Å². The smallest absolute Gasteiger partial charge is 0.133 e. The van der Waals surface area contributed by atoms with Gasteiger partial charge in [0.05, 0.1) is 12.2 Å². The highest BCUT2D eigenvalue weighted by Gasteiger charge is 2.26. The van der Waals surface area contributed by atoms with Crippen molar-refractivity contribution in [3.05, 3.63) is 77.6 Å². The molecule has 1 aliphatic rings. The SMILES string of the molecule is N=C1c2cc(F)ccc2CN1c1cccc2ccccc12. The van der Waals surface area contributed by atoms with Crippen LogP contribution in [0.15, 0.2) is 60.7 Å². The summed E-state index contributed by atoms with van der Waals surface area (Å²) in [7, 11) is 0. The number of hydrogen-bond acceptors (Lipinski definition) is 1. The summed E-state index contributed by atoms with van der Waals surface area (Å²) in [6, 6.07) is 18.9. The summed E-state index contributed by atoms with van der Waals surface area (Å²) in [5.74, 6) is 0.0686. The van der Waals surface area contributed by atoms with Gasteiger partial charge in [-0.25, -0.2) is 4.39 Å². The molecule has 3 aromatic carbocycles. The predicted octanol–water partition coefficient (Wildman–Crippen LogP) is 4.32. The molecule has 1 N–H and O–H groups in total. The van der Waals surface area contributed by atoms with E-state index in [1.54, 1.807) is 6.07 Å². The Hall–Kier alpha value is -2.68. The maximum absolute atomic E-state index is 13.4. The summed E-state index contributed by atoms with van der Waals surface area (Å²) >= 11 is 0. The second kappa shape index (κ2) is 4.42. The van der Waals surface area contributed by atoms with Crippen LogP contribution in [-0.4, -0.2) is 5.84 Å². The van der Waals surface area contributed by atoms with E-state index in [4.69, 9.17) is 5.41 Å². The van der Waals surface area contributed by atoms with Gasteiger partial charge in [-0.2, -0.15) is 0 Å². The Morgan fingerprint density at radius 2 is 1.76 bits per heavy atom. The molecule has 21 heavy (non-hydrogen) atoms. The number of nitrogens with one attached hydrogen (secondary N) is 1. The molecule has 3 heteroatoms. The summed E-state index contributed by atoms with van der Waals surface area (Å²) < 4.78 is 13.4. The highest BCUT2D eigenvalue weighted by Crippen LogP contribution is 2.33. The second-order valence-corrected chi connectivity index (χ2v) is 5.23. The lowest BCUT2D eigenvalue weighted by Gasteiger charge is -2.20. The lowest BCUT2D eigenvalue weighted by Crippen LogP contribution is -2.23.